The van der Waals surface area contributed by atoms with E-state index in [4.69, 9.17) is 5.73 Å². The van der Waals surface area contributed by atoms with Crippen LogP contribution in [0.15, 0.2) is 30.5 Å². The lowest BCUT2D eigenvalue weighted by Crippen LogP contribution is -2.21. The SMILES string of the molecule is NC(=O)c1cc(NC2CC=CCC2)ccn1. The van der Waals surface area contributed by atoms with Crippen molar-refractivity contribution in [1.29, 1.82) is 0 Å². The molecule has 4 heteroatoms. The maximum Gasteiger partial charge on any atom is 0.267 e. The second-order valence-electron chi connectivity index (χ2n) is 3.92. The Morgan fingerprint density at radius 3 is 3.06 bits per heavy atom. The summed E-state index contributed by atoms with van der Waals surface area (Å²) >= 11 is 0. The van der Waals surface area contributed by atoms with Crippen LogP contribution < -0.4 is 11.1 Å². The molecule has 84 valence electrons. The molecule has 2 rings (SSSR count). The molecule has 1 unspecified atom stereocenters. The Hall–Kier alpha value is -1.84. The number of nitrogens with one attached hydrogen (secondary N) is 1. The molecule has 4 nitrogen and oxygen atoms in total. The fraction of sp³-hybridized carbons (Fsp3) is 0.333. The third kappa shape index (κ3) is 2.59. The van der Waals surface area contributed by atoms with E-state index in [2.05, 4.69) is 22.5 Å². The third-order valence-corrected chi connectivity index (χ3v) is 2.65. The quantitative estimate of drug-likeness (QED) is 0.757. The molecule has 1 amide bonds. The first-order valence-electron chi connectivity index (χ1n) is 5.43. The van der Waals surface area contributed by atoms with Crippen LogP contribution >= 0.6 is 0 Å². The Bertz CT molecular complexity index is 414. The van der Waals surface area contributed by atoms with Crippen LogP contribution in [0.5, 0.6) is 0 Å². The Morgan fingerprint density at radius 1 is 1.50 bits per heavy atom. The van der Waals surface area contributed by atoms with Gasteiger partial charge >= 0.3 is 0 Å². The van der Waals surface area contributed by atoms with Crippen LogP contribution in [0.3, 0.4) is 0 Å². The summed E-state index contributed by atoms with van der Waals surface area (Å²) in [5, 5.41) is 3.38. The number of aromatic nitrogens is 1. The van der Waals surface area contributed by atoms with Gasteiger partial charge in [-0.2, -0.15) is 0 Å². The number of anilines is 1. The molecule has 0 fully saturated rings. The molecule has 16 heavy (non-hydrogen) atoms. The van der Waals surface area contributed by atoms with E-state index >= 15 is 0 Å². The second kappa shape index (κ2) is 4.79. The van der Waals surface area contributed by atoms with Crippen molar-refractivity contribution in [3.63, 3.8) is 0 Å². The number of nitrogens with two attached hydrogens (primary N) is 1. The van der Waals surface area contributed by atoms with E-state index < -0.39 is 5.91 Å². The van der Waals surface area contributed by atoms with Gasteiger partial charge in [0.15, 0.2) is 0 Å². The highest BCUT2D eigenvalue weighted by atomic mass is 16.1. The number of amides is 1. The van der Waals surface area contributed by atoms with E-state index in [9.17, 15) is 4.79 Å². The summed E-state index contributed by atoms with van der Waals surface area (Å²) in [5.74, 6) is -0.493. The molecule has 1 aliphatic rings. The van der Waals surface area contributed by atoms with Gasteiger partial charge in [-0.3, -0.25) is 9.78 Å². The van der Waals surface area contributed by atoms with Gasteiger partial charge in [0, 0.05) is 17.9 Å². The number of primary amides is 1. The largest absolute Gasteiger partial charge is 0.382 e. The summed E-state index contributed by atoms with van der Waals surface area (Å²) in [4.78, 5) is 14.9. The minimum Gasteiger partial charge on any atom is -0.382 e. The zero-order valence-electron chi connectivity index (χ0n) is 9.02. The van der Waals surface area contributed by atoms with Gasteiger partial charge in [0.1, 0.15) is 5.69 Å². The minimum atomic E-state index is -0.493. The smallest absolute Gasteiger partial charge is 0.267 e. The van der Waals surface area contributed by atoms with Gasteiger partial charge in [0.25, 0.3) is 5.91 Å². The van der Waals surface area contributed by atoms with Crippen LogP contribution in [0, 0.1) is 0 Å². The Morgan fingerprint density at radius 2 is 2.38 bits per heavy atom. The summed E-state index contributed by atoms with van der Waals surface area (Å²) in [6.45, 7) is 0. The number of carbonyl (C=O) groups excluding carboxylic acids is 1. The van der Waals surface area contributed by atoms with Crippen molar-refractivity contribution in [3.8, 4) is 0 Å². The highest BCUT2D eigenvalue weighted by Gasteiger charge is 2.10. The summed E-state index contributed by atoms with van der Waals surface area (Å²) < 4.78 is 0. The van der Waals surface area contributed by atoms with Gasteiger partial charge in [-0.25, -0.2) is 0 Å². The van der Waals surface area contributed by atoms with Gasteiger partial charge in [0.2, 0.25) is 0 Å². The molecule has 0 saturated carbocycles. The average Bonchev–Trinajstić information content (AvgIpc) is 2.30. The lowest BCUT2D eigenvalue weighted by atomic mass is 10.0. The van der Waals surface area contributed by atoms with Crippen molar-refractivity contribution in [1.82, 2.24) is 4.98 Å². The first-order chi connectivity index (χ1) is 7.75. The zero-order chi connectivity index (χ0) is 11.4. The number of hydrogen-bond acceptors (Lipinski definition) is 3. The molecular weight excluding hydrogens is 202 g/mol. The van der Waals surface area contributed by atoms with E-state index in [1.54, 1.807) is 12.3 Å². The molecular formula is C12H15N3O. The van der Waals surface area contributed by atoms with E-state index in [0.29, 0.717) is 11.7 Å². The molecule has 0 spiro atoms. The number of nitrogens with zero attached hydrogens (tertiary/aromatic N) is 1. The van der Waals surface area contributed by atoms with E-state index in [1.165, 1.54) is 0 Å². The number of allylic oxidation sites excluding steroid dienone is 1. The van der Waals surface area contributed by atoms with Crippen LogP contribution in [0.4, 0.5) is 5.69 Å². The van der Waals surface area contributed by atoms with Gasteiger partial charge < -0.3 is 11.1 Å². The number of carbonyl (C=O) groups is 1. The molecule has 0 saturated heterocycles. The molecule has 1 heterocycles. The lowest BCUT2D eigenvalue weighted by Gasteiger charge is -2.20. The molecule has 3 N–H and O–H groups in total. The van der Waals surface area contributed by atoms with Crippen LogP contribution in [-0.4, -0.2) is 16.9 Å². The highest BCUT2D eigenvalue weighted by Crippen LogP contribution is 2.17. The van der Waals surface area contributed by atoms with Crippen molar-refractivity contribution >= 4 is 11.6 Å². The van der Waals surface area contributed by atoms with Crippen molar-refractivity contribution < 1.29 is 4.79 Å². The molecule has 1 aromatic rings. The van der Waals surface area contributed by atoms with Crippen LogP contribution in [0.25, 0.3) is 0 Å². The number of pyridine rings is 1. The zero-order valence-corrected chi connectivity index (χ0v) is 9.02. The predicted molar refractivity (Wildman–Crippen MR) is 63.2 cm³/mol. The standard InChI is InChI=1S/C12H15N3O/c13-12(16)11-8-10(6-7-14-11)15-9-4-2-1-3-5-9/h1-2,6-9H,3-5H2,(H2,13,16)(H,14,15). The Labute approximate surface area is 94.6 Å². The van der Waals surface area contributed by atoms with Gasteiger partial charge in [0.05, 0.1) is 0 Å². The highest BCUT2D eigenvalue weighted by molar-refractivity contribution is 5.91. The summed E-state index contributed by atoms with van der Waals surface area (Å²) in [5.41, 5.74) is 6.38. The summed E-state index contributed by atoms with van der Waals surface area (Å²) in [6.07, 6.45) is 9.21. The van der Waals surface area contributed by atoms with Gasteiger partial charge in [-0.15, -0.1) is 0 Å². The van der Waals surface area contributed by atoms with Crippen molar-refractivity contribution in [3.05, 3.63) is 36.2 Å². The van der Waals surface area contributed by atoms with Gasteiger partial charge in [-0.1, -0.05) is 12.2 Å². The van der Waals surface area contributed by atoms with Gasteiger partial charge in [-0.05, 0) is 31.4 Å². The second-order valence-corrected chi connectivity index (χ2v) is 3.92. The van der Waals surface area contributed by atoms with E-state index in [-0.39, 0.29) is 0 Å². The topological polar surface area (TPSA) is 68.0 Å². The Kier molecular flexibility index (Phi) is 3.19. The minimum absolute atomic E-state index is 0.302. The van der Waals surface area contributed by atoms with Crippen molar-refractivity contribution in [2.75, 3.05) is 5.32 Å². The van der Waals surface area contributed by atoms with Crippen LogP contribution in [0.1, 0.15) is 29.8 Å². The van der Waals surface area contributed by atoms with E-state index in [1.807, 2.05) is 6.07 Å². The molecule has 0 aliphatic heterocycles. The maximum absolute atomic E-state index is 11.0. The normalized spacial score (nSPS) is 19.4. The Balaban J connectivity index is 2.06. The fourth-order valence-electron chi connectivity index (χ4n) is 1.82. The first-order valence-corrected chi connectivity index (χ1v) is 5.43. The summed E-state index contributed by atoms with van der Waals surface area (Å²) in [7, 11) is 0. The van der Waals surface area contributed by atoms with Crippen molar-refractivity contribution in [2.24, 2.45) is 5.73 Å². The molecule has 1 aliphatic carbocycles. The fourth-order valence-corrected chi connectivity index (χ4v) is 1.82. The number of hydrogen-bond donors (Lipinski definition) is 2. The molecule has 1 atom stereocenters. The van der Waals surface area contributed by atoms with E-state index in [0.717, 1.165) is 24.9 Å². The first kappa shape index (κ1) is 10.7. The number of rotatable bonds is 3. The van der Waals surface area contributed by atoms with Crippen molar-refractivity contribution in [2.45, 2.75) is 25.3 Å². The molecule has 0 aromatic carbocycles. The van der Waals surface area contributed by atoms with Crippen LogP contribution in [0.2, 0.25) is 0 Å². The third-order valence-electron chi connectivity index (χ3n) is 2.65. The lowest BCUT2D eigenvalue weighted by molar-refractivity contribution is 0.0995. The molecule has 0 bridgehead atoms. The summed E-state index contributed by atoms with van der Waals surface area (Å²) in [6, 6.07) is 3.99. The maximum atomic E-state index is 11.0. The molecule has 1 aromatic heterocycles. The molecule has 0 radical (unpaired) electrons. The van der Waals surface area contributed by atoms with Crippen LogP contribution in [-0.2, 0) is 0 Å². The monoisotopic (exact) mass is 217 g/mol. The average molecular weight is 217 g/mol. The predicted octanol–water partition coefficient (Wildman–Crippen LogP) is 1.70.